The molecule has 0 aliphatic rings. The second-order valence-corrected chi connectivity index (χ2v) is 1.88. The molecule has 50 valence electrons. The van der Waals surface area contributed by atoms with Crippen LogP contribution in [0.1, 0.15) is 10.5 Å². The van der Waals surface area contributed by atoms with Gasteiger partial charge < -0.3 is 5.11 Å². The minimum atomic E-state index is -1.06. The zero-order chi connectivity index (χ0) is 7.72. The van der Waals surface area contributed by atoms with Crippen molar-refractivity contribution in [3.8, 4) is 0 Å². The highest BCUT2D eigenvalue weighted by Crippen LogP contribution is 1.89. The number of carboxylic acid groups (broad SMARTS) is 1. The summed E-state index contributed by atoms with van der Waals surface area (Å²) in [5.41, 5.74) is 0.218. The molecule has 0 aliphatic carbocycles. The van der Waals surface area contributed by atoms with E-state index in [1.807, 2.05) is 0 Å². The smallest absolute Gasteiger partial charge is 0.353 e. The van der Waals surface area contributed by atoms with Gasteiger partial charge in [0.15, 0.2) is 0 Å². The molecule has 1 rings (SSSR count). The molecule has 0 aromatic carbocycles. The molecule has 0 fully saturated rings. The van der Waals surface area contributed by atoms with Gasteiger partial charge in [0.2, 0.25) is 0 Å². The number of aromatic nitrogens is 2. The van der Waals surface area contributed by atoms with Gasteiger partial charge in [0.1, 0.15) is 13.5 Å². The second kappa shape index (κ2) is 2.17. The van der Waals surface area contributed by atoms with Crippen molar-refractivity contribution in [3.63, 3.8) is 0 Å². The van der Waals surface area contributed by atoms with E-state index in [0.717, 1.165) is 0 Å². The Bertz CT molecular complexity index is 249. The van der Waals surface area contributed by atoms with Crippen molar-refractivity contribution < 1.29 is 9.90 Å². The normalized spacial score (nSPS) is 9.70. The lowest BCUT2D eigenvalue weighted by Crippen LogP contribution is -2.16. The highest BCUT2D eigenvalue weighted by Gasteiger charge is 2.10. The summed E-state index contributed by atoms with van der Waals surface area (Å²) in [7, 11) is 6.81. The van der Waals surface area contributed by atoms with Crippen LogP contribution in [-0.4, -0.2) is 28.7 Å². The maximum Gasteiger partial charge on any atom is 0.353 e. The summed E-state index contributed by atoms with van der Waals surface area (Å²) in [5.74, 6) is -1.06. The summed E-state index contributed by atoms with van der Waals surface area (Å²) in [5, 5.41) is 12.1. The van der Waals surface area contributed by atoms with Crippen molar-refractivity contribution in [2.45, 2.75) is 0 Å². The van der Waals surface area contributed by atoms with E-state index in [1.165, 1.54) is 17.9 Å². The molecule has 0 saturated heterocycles. The largest absolute Gasteiger partial charge is 0.477 e. The van der Waals surface area contributed by atoms with Crippen LogP contribution >= 0.6 is 0 Å². The van der Waals surface area contributed by atoms with Crippen LogP contribution in [0, 0.1) is 0 Å². The van der Waals surface area contributed by atoms with E-state index < -0.39 is 5.97 Å². The van der Waals surface area contributed by atoms with Crippen LogP contribution in [0.2, 0.25) is 0 Å². The first-order chi connectivity index (χ1) is 4.63. The molecule has 2 radical (unpaired) electrons. The monoisotopic (exact) mass is 136 g/mol. The topological polar surface area (TPSA) is 55.1 Å². The van der Waals surface area contributed by atoms with Crippen LogP contribution < -0.4 is 5.46 Å². The van der Waals surface area contributed by atoms with Crippen molar-refractivity contribution in [1.82, 2.24) is 9.78 Å². The number of aromatic carboxylic acids is 1. The Labute approximate surface area is 58.9 Å². The van der Waals surface area contributed by atoms with Gasteiger partial charge in [-0.05, 0) is 5.46 Å². The van der Waals surface area contributed by atoms with Crippen LogP contribution in [0.4, 0.5) is 0 Å². The molecule has 5 heteroatoms. The Hall–Kier alpha value is -1.26. The predicted molar refractivity (Wildman–Crippen MR) is 35.6 cm³/mol. The minimum absolute atomic E-state index is 0.0278. The third kappa shape index (κ3) is 0.898. The molecule has 1 N–H and O–H groups in total. The van der Waals surface area contributed by atoms with Crippen LogP contribution in [-0.2, 0) is 7.05 Å². The number of aryl methyl sites for hydroxylation is 1. The number of rotatable bonds is 1. The quantitative estimate of drug-likeness (QED) is 0.499. The fourth-order valence-corrected chi connectivity index (χ4v) is 0.716. The molecule has 0 atom stereocenters. The molecule has 0 saturated carbocycles. The Morgan fingerprint density at radius 1 is 1.90 bits per heavy atom. The Morgan fingerprint density at radius 2 is 2.50 bits per heavy atom. The van der Waals surface area contributed by atoms with Crippen LogP contribution in [0.15, 0.2) is 6.20 Å². The maximum atomic E-state index is 10.4. The standard InChI is InChI=1S/C5H5BN2O2/c1-8-4(5(9)10)3(6)2-7-8/h2H,1H3,(H,9,10). The van der Waals surface area contributed by atoms with Gasteiger partial charge in [0.05, 0.1) is 0 Å². The second-order valence-electron chi connectivity index (χ2n) is 1.88. The van der Waals surface area contributed by atoms with Gasteiger partial charge in [-0.1, -0.05) is 0 Å². The fraction of sp³-hybridized carbons (Fsp3) is 0.200. The summed E-state index contributed by atoms with van der Waals surface area (Å²) >= 11 is 0. The van der Waals surface area contributed by atoms with E-state index in [-0.39, 0.29) is 11.2 Å². The highest BCUT2D eigenvalue weighted by atomic mass is 16.4. The summed E-state index contributed by atoms with van der Waals surface area (Å²) in [6, 6.07) is 0. The molecule has 0 amide bonds. The average Bonchev–Trinajstić information content (AvgIpc) is 2.11. The minimum Gasteiger partial charge on any atom is -0.477 e. The molecule has 0 spiro atoms. The lowest BCUT2D eigenvalue weighted by molar-refractivity contribution is 0.0686. The number of carboxylic acids is 1. The average molecular weight is 136 g/mol. The Balaban J connectivity index is 3.23. The highest BCUT2D eigenvalue weighted by molar-refractivity contribution is 6.35. The molecule has 1 aromatic heterocycles. The molecule has 0 bridgehead atoms. The van der Waals surface area contributed by atoms with E-state index in [4.69, 9.17) is 13.0 Å². The molecule has 10 heavy (non-hydrogen) atoms. The first-order valence-corrected chi connectivity index (χ1v) is 2.63. The molecular formula is C5H5BN2O2. The number of carbonyl (C=O) groups is 1. The van der Waals surface area contributed by atoms with E-state index in [9.17, 15) is 4.79 Å². The number of nitrogens with zero attached hydrogens (tertiary/aromatic N) is 2. The van der Waals surface area contributed by atoms with Crippen molar-refractivity contribution >= 4 is 19.3 Å². The summed E-state index contributed by atoms with van der Waals surface area (Å²) < 4.78 is 1.22. The number of hydrogen-bond donors (Lipinski definition) is 1. The molecule has 1 aromatic rings. The van der Waals surface area contributed by atoms with Gasteiger partial charge >= 0.3 is 5.97 Å². The van der Waals surface area contributed by atoms with Gasteiger partial charge in [0, 0.05) is 13.2 Å². The van der Waals surface area contributed by atoms with Gasteiger partial charge in [-0.3, -0.25) is 4.68 Å². The molecule has 0 unspecified atom stereocenters. The Kier molecular flexibility index (Phi) is 1.49. The first-order valence-electron chi connectivity index (χ1n) is 2.63. The van der Waals surface area contributed by atoms with Crippen molar-refractivity contribution in [2.24, 2.45) is 7.05 Å². The van der Waals surface area contributed by atoms with E-state index >= 15 is 0 Å². The zero-order valence-corrected chi connectivity index (χ0v) is 5.40. The van der Waals surface area contributed by atoms with Crippen molar-refractivity contribution in [2.75, 3.05) is 0 Å². The van der Waals surface area contributed by atoms with Crippen molar-refractivity contribution in [1.29, 1.82) is 0 Å². The predicted octanol–water partition coefficient (Wildman–Crippen LogP) is -1.09. The van der Waals surface area contributed by atoms with Gasteiger partial charge in [-0.15, -0.1) is 0 Å². The molecule has 1 heterocycles. The van der Waals surface area contributed by atoms with Gasteiger partial charge in [-0.2, -0.15) is 5.10 Å². The van der Waals surface area contributed by atoms with Crippen LogP contribution in [0.25, 0.3) is 0 Å². The van der Waals surface area contributed by atoms with Crippen molar-refractivity contribution in [3.05, 3.63) is 11.9 Å². The summed E-state index contributed by atoms with van der Waals surface area (Å²) in [4.78, 5) is 10.4. The van der Waals surface area contributed by atoms with E-state index in [0.29, 0.717) is 0 Å². The first kappa shape index (κ1) is 6.86. The lowest BCUT2D eigenvalue weighted by Gasteiger charge is -1.94. The SMILES string of the molecule is [B]c1cnn(C)c1C(=O)O. The number of hydrogen-bond acceptors (Lipinski definition) is 2. The van der Waals surface area contributed by atoms with Crippen LogP contribution in [0.3, 0.4) is 0 Å². The Morgan fingerprint density at radius 3 is 2.70 bits per heavy atom. The fourth-order valence-electron chi connectivity index (χ4n) is 0.716. The molecule has 0 aliphatic heterocycles. The zero-order valence-electron chi connectivity index (χ0n) is 5.40. The molecular weight excluding hydrogens is 131 g/mol. The lowest BCUT2D eigenvalue weighted by atomic mass is 9.97. The van der Waals surface area contributed by atoms with E-state index in [1.54, 1.807) is 0 Å². The van der Waals surface area contributed by atoms with Crippen LogP contribution in [0.5, 0.6) is 0 Å². The third-order valence-corrected chi connectivity index (χ3v) is 1.17. The van der Waals surface area contributed by atoms with E-state index in [2.05, 4.69) is 5.10 Å². The van der Waals surface area contributed by atoms with Gasteiger partial charge in [0.25, 0.3) is 0 Å². The summed E-state index contributed by atoms with van der Waals surface area (Å²) in [6.07, 6.45) is 1.31. The van der Waals surface area contributed by atoms with Gasteiger partial charge in [-0.25, -0.2) is 4.79 Å². The third-order valence-electron chi connectivity index (χ3n) is 1.17. The molecule has 4 nitrogen and oxygen atoms in total. The maximum absolute atomic E-state index is 10.4. The summed E-state index contributed by atoms with van der Waals surface area (Å²) in [6.45, 7) is 0.